The first-order valence-corrected chi connectivity index (χ1v) is 10.8. The highest BCUT2D eigenvalue weighted by molar-refractivity contribution is 6.32. The van der Waals surface area contributed by atoms with Crippen LogP contribution in [-0.4, -0.2) is 45.8 Å². The molecule has 186 valence electrons. The zero-order valence-electron chi connectivity index (χ0n) is 19.9. The average molecular weight is 505 g/mol. The van der Waals surface area contributed by atoms with E-state index in [1.54, 1.807) is 32.9 Å². The lowest BCUT2D eigenvalue weighted by molar-refractivity contribution is -0.155. The summed E-state index contributed by atoms with van der Waals surface area (Å²) in [5.41, 5.74) is -1.97. The summed E-state index contributed by atoms with van der Waals surface area (Å²) < 4.78 is 12.1. The number of esters is 1. The largest absolute Gasteiger partial charge is 0.495 e. The number of benzene rings is 1. The van der Waals surface area contributed by atoms with Gasteiger partial charge in [-0.25, -0.2) is 9.36 Å². The molecular formula is C23H25ClN4O7. The van der Waals surface area contributed by atoms with Crippen molar-refractivity contribution in [3.05, 3.63) is 62.5 Å². The van der Waals surface area contributed by atoms with E-state index in [4.69, 9.17) is 25.9 Å². The molecule has 0 radical (unpaired) electrons. The molecule has 0 fully saturated rings. The van der Waals surface area contributed by atoms with Crippen LogP contribution >= 0.6 is 11.6 Å². The van der Waals surface area contributed by atoms with Gasteiger partial charge >= 0.3 is 11.7 Å². The third-order valence-electron chi connectivity index (χ3n) is 4.81. The van der Waals surface area contributed by atoms with Crippen LogP contribution in [0.15, 0.2) is 46.2 Å². The highest BCUT2D eigenvalue weighted by Crippen LogP contribution is 2.29. The normalized spacial score (nSPS) is 11.4. The molecule has 0 aliphatic heterocycles. The summed E-state index contributed by atoms with van der Waals surface area (Å²) in [5.74, 6) is -1.01. The Bertz CT molecular complexity index is 1390. The maximum Gasteiger partial charge on any atom is 0.332 e. The Hall–Kier alpha value is -3.70. The Morgan fingerprint density at radius 1 is 1.09 bits per heavy atom. The number of methoxy groups -OCH3 is 1. The summed E-state index contributed by atoms with van der Waals surface area (Å²) in [4.78, 5) is 61.0. The molecule has 0 spiro atoms. The minimum Gasteiger partial charge on any atom is -0.495 e. The van der Waals surface area contributed by atoms with Crippen LogP contribution in [0.4, 0.5) is 5.69 Å². The number of aromatic nitrogens is 3. The molecule has 0 saturated heterocycles. The van der Waals surface area contributed by atoms with E-state index in [9.17, 15) is 19.2 Å². The minimum absolute atomic E-state index is 0.104. The van der Waals surface area contributed by atoms with E-state index in [0.29, 0.717) is 11.4 Å². The summed E-state index contributed by atoms with van der Waals surface area (Å²) in [5, 5.41) is 1.30. The smallest absolute Gasteiger partial charge is 0.332 e. The van der Waals surface area contributed by atoms with Gasteiger partial charge in [0.05, 0.1) is 42.0 Å². The van der Waals surface area contributed by atoms with Crippen molar-refractivity contribution < 1.29 is 23.9 Å². The summed E-state index contributed by atoms with van der Waals surface area (Å²) in [6.07, 6.45) is 2.67. The molecule has 35 heavy (non-hydrogen) atoms. The summed E-state index contributed by atoms with van der Waals surface area (Å²) >= 11 is 6.17. The molecule has 0 aliphatic carbocycles. The average Bonchev–Trinajstić information content (AvgIpc) is 2.79. The van der Waals surface area contributed by atoms with Crippen LogP contribution < -0.4 is 21.0 Å². The van der Waals surface area contributed by atoms with Gasteiger partial charge in [-0.15, -0.1) is 0 Å². The molecule has 0 N–H and O–H groups in total. The SMILES string of the molecule is COc1ccc(N(OC)C(=O)Cn2c(=O)n(CC(=O)OC(C)(C)C)c(=O)c3ccncc32)cc1Cl. The molecule has 3 aromatic rings. The first-order valence-electron chi connectivity index (χ1n) is 10.5. The van der Waals surface area contributed by atoms with Crippen molar-refractivity contribution in [2.75, 3.05) is 19.3 Å². The Kier molecular flexibility index (Phi) is 7.61. The van der Waals surface area contributed by atoms with Gasteiger partial charge < -0.3 is 9.47 Å². The van der Waals surface area contributed by atoms with Crippen LogP contribution in [0, 0.1) is 0 Å². The molecule has 0 unspecified atom stereocenters. The lowest BCUT2D eigenvalue weighted by Gasteiger charge is -2.22. The number of carbonyl (C=O) groups is 2. The van der Waals surface area contributed by atoms with Gasteiger partial charge in [0.25, 0.3) is 11.5 Å². The number of hydrogen-bond acceptors (Lipinski definition) is 8. The van der Waals surface area contributed by atoms with Gasteiger partial charge in [0.1, 0.15) is 24.4 Å². The standard InChI is InChI=1S/C23H25ClN4O7/c1-23(2,3)35-20(30)13-27-21(31)15-8-9-25-11-17(15)26(22(27)32)12-19(29)28(34-5)14-6-7-18(33-4)16(24)10-14/h6-11H,12-13H2,1-5H3. The number of fused-ring (bicyclic) bond motifs is 1. The van der Waals surface area contributed by atoms with Gasteiger partial charge in [-0.1, -0.05) is 11.6 Å². The summed E-state index contributed by atoms with van der Waals surface area (Å²) in [7, 11) is 2.74. The highest BCUT2D eigenvalue weighted by atomic mass is 35.5. The fourth-order valence-corrected chi connectivity index (χ4v) is 3.64. The first-order chi connectivity index (χ1) is 16.5. The fourth-order valence-electron chi connectivity index (χ4n) is 3.39. The molecule has 1 amide bonds. The monoisotopic (exact) mass is 504 g/mol. The van der Waals surface area contributed by atoms with E-state index in [-0.39, 0.29) is 15.9 Å². The van der Waals surface area contributed by atoms with Gasteiger partial charge in [0.2, 0.25) is 0 Å². The number of pyridine rings is 1. The molecule has 3 rings (SSSR count). The fraction of sp³-hybridized carbons (Fsp3) is 0.348. The molecular weight excluding hydrogens is 480 g/mol. The van der Waals surface area contributed by atoms with Gasteiger partial charge in [-0.05, 0) is 45.0 Å². The van der Waals surface area contributed by atoms with Crippen molar-refractivity contribution in [3.63, 3.8) is 0 Å². The number of carbonyl (C=O) groups excluding carboxylic acids is 2. The van der Waals surface area contributed by atoms with Gasteiger partial charge in [0.15, 0.2) is 0 Å². The molecule has 0 aliphatic rings. The lowest BCUT2D eigenvalue weighted by atomic mass is 10.2. The first kappa shape index (κ1) is 25.9. The van der Waals surface area contributed by atoms with E-state index in [1.807, 2.05) is 0 Å². The van der Waals surface area contributed by atoms with Gasteiger partial charge in [0, 0.05) is 6.20 Å². The van der Waals surface area contributed by atoms with Crippen LogP contribution in [0.3, 0.4) is 0 Å². The number of halogens is 1. The van der Waals surface area contributed by atoms with E-state index in [1.165, 1.54) is 38.7 Å². The second kappa shape index (κ2) is 10.3. The topological polar surface area (TPSA) is 122 Å². The van der Waals surface area contributed by atoms with Crippen molar-refractivity contribution in [1.82, 2.24) is 14.1 Å². The predicted octanol–water partition coefficient (Wildman–Crippen LogP) is 2.16. The zero-order valence-corrected chi connectivity index (χ0v) is 20.7. The van der Waals surface area contributed by atoms with Crippen LogP contribution in [0.1, 0.15) is 20.8 Å². The molecule has 11 nitrogen and oxygen atoms in total. The molecule has 0 saturated carbocycles. The second-order valence-electron chi connectivity index (χ2n) is 8.43. The molecule has 2 aromatic heterocycles. The second-order valence-corrected chi connectivity index (χ2v) is 8.84. The number of anilines is 1. The van der Waals surface area contributed by atoms with Crippen LogP contribution in [0.2, 0.25) is 5.02 Å². The number of amides is 1. The maximum absolute atomic E-state index is 13.3. The Labute approximate surface area is 205 Å². The number of hydrogen-bond donors (Lipinski definition) is 0. The maximum atomic E-state index is 13.3. The van der Waals surface area contributed by atoms with Crippen molar-refractivity contribution in [2.24, 2.45) is 0 Å². The highest BCUT2D eigenvalue weighted by Gasteiger charge is 2.23. The van der Waals surface area contributed by atoms with Crippen molar-refractivity contribution in [3.8, 4) is 5.75 Å². The number of hydroxylamine groups is 1. The van der Waals surface area contributed by atoms with Crippen molar-refractivity contribution >= 4 is 40.1 Å². The van der Waals surface area contributed by atoms with E-state index in [0.717, 1.165) is 14.2 Å². The number of nitrogens with zero attached hydrogens (tertiary/aromatic N) is 4. The molecule has 1 aromatic carbocycles. The van der Waals surface area contributed by atoms with Crippen LogP contribution in [0.5, 0.6) is 5.75 Å². The van der Waals surface area contributed by atoms with Crippen LogP contribution in [0.25, 0.3) is 10.9 Å². The summed E-state index contributed by atoms with van der Waals surface area (Å²) in [6, 6.07) is 5.98. The van der Waals surface area contributed by atoms with E-state index < -0.39 is 41.8 Å². The van der Waals surface area contributed by atoms with E-state index >= 15 is 0 Å². The predicted molar refractivity (Wildman–Crippen MR) is 129 cm³/mol. The van der Waals surface area contributed by atoms with Crippen molar-refractivity contribution in [2.45, 2.75) is 39.5 Å². The minimum atomic E-state index is -0.876. The zero-order chi connectivity index (χ0) is 25.9. The molecule has 0 atom stereocenters. The van der Waals surface area contributed by atoms with Gasteiger partial charge in [-0.3, -0.25) is 28.8 Å². The molecule has 12 heteroatoms. The Morgan fingerprint density at radius 3 is 2.40 bits per heavy atom. The van der Waals surface area contributed by atoms with Crippen LogP contribution in [-0.2, 0) is 32.3 Å². The Balaban J connectivity index is 2.05. The lowest BCUT2D eigenvalue weighted by Crippen LogP contribution is -2.45. The van der Waals surface area contributed by atoms with E-state index in [2.05, 4.69) is 4.98 Å². The number of rotatable bonds is 7. The number of ether oxygens (including phenoxy) is 2. The van der Waals surface area contributed by atoms with Gasteiger partial charge in [-0.2, -0.15) is 5.06 Å². The summed E-state index contributed by atoms with van der Waals surface area (Å²) in [6.45, 7) is 3.86. The van der Waals surface area contributed by atoms with Crippen molar-refractivity contribution in [1.29, 1.82) is 0 Å². The third-order valence-corrected chi connectivity index (χ3v) is 5.10. The molecule has 0 bridgehead atoms. The quantitative estimate of drug-likeness (QED) is 0.354. The third kappa shape index (κ3) is 5.69. The Morgan fingerprint density at radius 2 is 1.80 bits per heavy atom. The molecule has 2 heterocycles.